The Morgan fingerprint density at radius 2 is 2.06 bits per heavy atom. The van der Waals surface area contributed by atoms with E-state index in [9.17, 15) is 4.39 Å². The summed E-state index contributed by atoms with van der Waals surface area (Å²) in [4.78, 5) is 2.14. The summed E-state index contributed by atoms with van der Waals surface area (Å²) in [6.45, 7) is 4.76. The monoisotopic (exact) mass is 290 g/mol. The van der Waals surface area contributed by atoms with E-state index in [0.29, 0.717) is 16.1 Å². The molecule has 0 spiro atoms. The highest BCUT2D eigenvalue weighted by Gasteiger charge is 2.22. The molecule has 0 radical (unpaired) electrons. The predicted molar refractivity (Wildman–Crippen MR) is 75.3 cm³/mol. The summed E-state index contributed by atoms with van der Waals surface area (Å²) in [5, 5.41) is 4.24. The minimum atomic E-state index is -0.394. The molecule has 1 aromatic rings. The Labute approximate surface area is 117 Å². The SMILES string of the molecule is CCCC1CN(c2c(Cl)cc(F)cc2Cl)CCN1. The largest absolute Gasteiger partial charge is 0.366 e. The Bertz CT molecular complexity index is 400. The Balaban J connectivity index is 2.20. The molecular formula is C13H17Cl2FN2. The van der Waals surface area contributed by atoms with Crippen LogP contribution >= 0.6 is 23.2 Å². The van der Waals surface area contributed by atoms with E-state index in [2.05, 4.69) is 17.1 Å². The fourth-order valence-corrected chi connectivity index (χ4v) is 3.11. The molecule has 0 bridgehead atoms. The summed E-state index contributed by atoms with van der Waals surface area (Å²) in [5.74, 6) is -0.394. The third-order valence-electron chi connectivity index (χ3n) is 3.19. The second-order valence-corrected chi connectivity index (χ2v) is 5.42. The van der Waals surface area contributed by atoms with E-state index < -0.39 is 5.82 Å². The normalized spacial score (nSPS) is 20.2. The van der Waals surface area contributed by atoms with Crippen LogP contribution in [0, 0.1) is 5.82 Å². The number of piperazine rings is 1. The quantitative estimate of drug-likeness (QED) is 0.913. The standard InChI is InChI=1S/C13H17Cl2FN2/c1-2-3-10-8-18(5-4-17-10)13-11(14)6-9(16)7-12(13)15/h6-7,10,17H,2-5,8H2,1H3. The number of halogens is 3. The van der Waals surface area contributed by atoms with E-state index in [1.165, 1.54) is 12.1 Å². The highest BCUT2D eigenvalue weighted by molar-refractivity contribution is 6.39. The van der Waals surface area contributed by atoms with Crippen LogP contribution in [0.4, 0.5) is 10.1 Å². The van der Waals surface area contributed by atoms with Crippen molar-refractivity contribution in [2.75, 3.05) is 24.5 Å². The number of anilines is 1. The topological polar surface area (TPSA) is 15.3 Å². The average Bonchev–Trinajstić information content (AvgIpc) is 2.28. The lowest BCUT2D eigenvalue weighted by molar-refractivity contribution is 0.431. The molecule has 0 aliphatic carbocycles. The minimum absolute atomic E-state index is 0.386. The van der Waals surface area contributed by atoms with Crippen LogP contribution in [-0.2, 0) is 0 Å². The molecule has 0 amide bonds. The molecule has 0 aromatic heterocycles. The molecule has 18 heavy (non-hydrogen) atoms. The Morgan fingerprint density at radius 1 is 1.39 bits per heavy atom. The smallest absolute Gasteiger partial charge is 0.126 e. The van der Waals surface area contributed by atoms with Gasteiger partial charge in [0, 0.05) is 25.7 Å². The highest BCUT2D eigenvalue weighted by atomic mass is 35.5. The maximum Gasteiger partial charge on any atom is 0.126 e. The molecule has 1 aromatic carbocycles. The zero-order chi connectivity index (χ0) is 13.1. The van der Waals surface area contributed by atoms with Gasteiger partial charge in [0.15, 0.2) is 0 Å². The van der Waals surface area contributed by atoms with Crippen LogP contribution in [0.25, 0.3) is 0 Å². The van der Waals surface area contributed by atoms with Crippen molar-refractivity contribution in [2.24, 2.45) is 0 Å². The molecule has 1 N–H and O–H groups in total. The molecule has 2 nitrogen and oxygen atoms in total. The maximum absolute atomic E-state index is 13.2. The van der Waals surface area contributed by atoms with Crippen molar-refractivity contribution >= 4 is 28.9 Å². The molecule has 100 valence electrons. The third kappa shape index (κ3) is 3.08. The van der Waals surface area contributed by atoms with Crippen LogP contribution in [0.15, 0.2) is 12.1 Å². The van der Waals surface area contributed by atoms with Gasteiger partial charge in [0.2, 0.25) is 0 Å². The predicted octanol–water partition coefficient (Wildman–Crippen LogP) is 3.71. The van der Waals surface area contributed by atoms with Crippen molar-refractivity contribution in [1.82, 2.24) is 5.32 Å². The zero-order valence-corrected chi connectivity index (χ0v) is 11.9. The lowest BCUT2D eigenvalue weighted by atomic mass is 10.1. The van der Waals surface area contributed by atoms with Crippen LogP contribution < -0.4 is 10.2 Å². The summed E-state index contributed by atoms with van der Waals surface area (Å²) < 4.78 is 13.2. The first-order valence-electron chi connectivity index (χ1n) is 6.24. The second kappa shape index (κ2) is 6.09. The molecule has 5 heteroatoms. The molecule has 1 heterocycles. The molecule has 1 saturated heterocycles. The van der Waals surface area contributed by atoms with Crippen LogP contribution in [-0.4, -0.2) is 25.7 Å². The summed E-state index contributed by atoms with van der Waals surface area (Å²) >= 11 is 12.2. The summed E-state index contributed by atoms with van der Waals surface area (Å²) in [5.41, 5.74) is 0.752. The number of benzene rings is 1. The maximum atomic E-state index is 13.2. The van der Waals surface area contributed by atoms with Crippen LogP contribution in [0.2, 0.25) is 10.0 Å². The first-order valence-corrected chi connectivity index (χ1v) is 7.00. The van der Waals surface area contributed by atoms with Gasteiger partial charge in [0.1, 0.15) is 5.82 Å². The van der Waals surface area contributed by atoms with Crippen molar-refractivity contribution < 1.29 is 4.39 Å². The van der Waals surface area contributed by atoms with E-state index in [-0.39, 0.29) is 0 Å². The summed E-state index contributed by atoms with van der Waals surface area (Å²) in [7, 11) is 0. The van der Waals surface area contributed by atoms with Crippen molar-refractivity contribution in [3.05, 3.63) is 28.0 Å². The molecule has 1 atom stereocenters. The third-order valence-corrected chi connectivity index (χ3v) is 3.77. The van der Waals surface area contributed by atoms with Gasteiger partial charge in [-0.2, -0.15) is 0 Å². The first kappa shape index (κ1) is 13.9. The molecule has 1 unspecified atom stereocenters. The fourth-order valence-electron chi connectivity index (χ4n) is 2.41. The fraction of sp³-hybridized carbons (Fsp3) is 0.538. The minimum Gasteiger partial charge on any atom is -0.366 e. The number of nitrogens with one attached hydrogen (secondary N) is 1. The first-order chi connectivity index (χ1) is 8.61. The van der Waals surface area contributed by atoms with Gasteiger partial charge in [-0.05, 0) is 18.6 Å². The van der Waals surface area contributed by atoms with Gasteiger partial charge in [0.25, 0.3) is 0 Å². The van der Waals surface area contributed by atoms with Gasteiger partial charge in [0.05, 0.1) is 15.7 Å². The van der Waals surface area contributed by atoms with Gasteiger partial charge >= 0.3 is 0 Å². The van der Waals surface area contributed by atoms with E-state index in [1.54, 1.807) is 0 Å². The van der Waals surface area contributed by atoms with Gasteiger partial charge in [-0.1, -0.05) is 36.5 Å². The number of nitrogens with zero attached hydrogens (tertiary/aromatic N) is 1. The van der Waals surface area contributed by atoms with E-state index in [1.807, 2.05) is 0 Å². The van der Waals surface area contributed by atoms with E-state index in [4.69, 9.17) is 23.2 Å². The lowest BCUT2D eigenvalue weighted by Crippen LogP contribution is -2.50. The average molecular weight is 291 g/mol. The van der Waals surface area contributed by atoms with Crippen LogP contribution in [0.3, 0.4) is 0 Å². The molecule has 1 fully saturated rings. The Morgan fingerprint density at radius 3 is 2.67 bits per heavy atom. The zero-order valence-electron chi connectivity index (χ0n) is 10.3. The molecule has 1 aliphatic heterocycles. The number of hydrogen-bond donors (Lipinski definition) is 1. The second-order valence-electron chi connectivity index (χ2n) is 4.60. The number of rotatable bonds is 3. The number of hydrogen-bond acceptors (Lipinski definition) is 2. The van der Waals surface area contributed by atoms with Crippen molar-refractivity contribution in [3.63, 3.8) is 0 Å². The molecule has 0 saturated carbocycles. The molecular weight excluding hydrogens is 274 g/mol. The van der Waals surface area contributed by atoms with Gasteiger partial charge in [-0.25, -0.2) is 4.39 Å². The van der Waals surface area contributed by atoms with Crippen molar-refractivity contribution in [3.8, 4) is 0 Å². The van der Waals surface area contributed by atoms with Crippen molar-refractivity contribution in [1.29, 1.82) is 0 Å². The summed E-state index contributed by atoms with van der Waals surface area (Å²) in [6, 6.07) is 3.08. The molecule has 2 rings (SSSR count). The van der Waals surface area contributed by atoms with Crippen molar-refractivity contribution in [2.45, 2.75) is 25.8 Å². The highest BCUT2D eigenvalue weighted by Crippen LogP contribution is 2.35. The Hall–Kier alpha value is -0.510. The van der Waals surface area contributed by atoms with Crippen LogP contribution in [0.5, 0.6) is 0 Å². The summed E-state index contributed by atoms with van der Waals surface area (Å²) in [6.07, 6.45) is 2.25. The van der Waals surface area contributed by atoms with Crippen LogP contribution in [0.1, 0.15) is 19.8 Å². The molecule has 1 aliphatic rings. The van der Waals surface area contributed by atoms with E-state index >= 15 is 0 Å². The van der Waals surface area contributed by atoms with Gasteiger partial charge < -0.3 is 10.2 Å². The Kier molecular flexibility index (Phi) is 4.71. The van der Waals surface area contributed by atoms with E-state index in [0.717, 1.165) is 38.2 Å². The van der Waals surface area contributed by atoms with Gasteiger partial charge in [-0.3, -0.25) is 0 Å². The lowest BCUT2D eigenvalue weighted by Gasteiger charge is -2.36. The van der Waals surface area contributed by atoms with Gasteiger partial charge in [-0.15, -0.1) is 0 Å².